The Hall–Kier alpha value is -2.09. The summed E-state index contributed by atoms with van der Waals surface area (Å²) in [6, 6.07) is 15.1. The van der Waals surface area contributed by atoms with Gasteiger partial charge in [0, 0.05) is 31.2 Å². The van der Waals surface area contributed by atoms with Gasteiger partial charge in [-0.25, -0.2) is 8.42 Å². The predicted octanol–water partition coefficient (Wildman–Crippen LogP) is 2.64. The van der Waals surface area contributed by atoms with Crippen LogP contribution < -0.4 is 4.74 Å². The van der Waals surface area contributed by atoms with E-state index in [0.29, 0.717) is 23.9 Å². The van der Waals surface area contributed by atoms with Gasteiger partial charge >= 0.3 is 0 Å². The Labute approximate surface area is 164 Å². The van der Waals surface area contributed by atoms with E-state index in [4.69, 9.17) is 16.3 Å². The van der Waals surface area contributed by atoms with E-state index >= 15 is 0 Å². The number of halogens is 1. The number of benzene rings is 2. The van der Waals surface area contributed by atoms with E-state index in [1.807, 2.05) is 0 Å². The summed E-state index contributed by atoms with van der Waals surface area (Å²) in [5, 5.41) is 0.595. The van der Waals surface area contributed by atoms with Crippen molar-refractivity contribution < 1.29 is 17.9 Å². The summed E-state index contributed by atoms with van der Waals surface area (Å²) in [6.45, 7) is 2.87. The smallest absolute Gasteiger partial charge is 0.263 e. The minimum absolute atomic E-state index is 0.165. The van der Waals surface area contributed by atoms with Gasteiger partial charge in [-0.15, -0.1) is 0 Å². The highest BCUT2D eigenvalue weighted by atomic mass is 35.5. The molecule has 0 unspecified atom stereocenters. The average molecular weight is 409 g/mol. The molecule has 1 saturated heterocycles. The number of hydrogen-bond acceptors (Lipinski definition) is 4. The monoisotopic (exact) mass is 408 g/mol. The Morgan fingerprint density at radius 3 is 2.19 bits per heavy atom. The number of ether oxygens (including phenoxy) is 1. The Morgan fingerprint density at radius 2 is 1.59 bits per heavy atom. The number of nitrogens with zero attached hydrogens (tertiary/aromatic N) is 2. The van der Waals surface area contributed by atoms with Gasteiger partial charge < -0.3 is 9.64 Å². The number of hydrogen-bond donors (Lipinski definition) is 0. The minimum atomic E-state index is -3.53. The van der Waals surface area contributed by atoms with E-state index in [9.17, 15) is 13.2 Å². The third-order valence-electron chi connectivity index (χ3n) is 4.41. The second-order valence-corrected chi connectivity index (χ2v) is 8.63. The first-order valence-electron chi connectivity index (χ1n) is 8.64. The van der Waals surface area contributed by atoms with Gasteiger partial charge in [-0.05, 0) is 43.3 Å². The van der Waals surface area contributed by atoms with Crippen LogP contribution in [0.5, 0.6) is 5.75 Å². The number of carbonyl (C=O) groups excluding carboxylic acids is 1. The van der Waals surface area contributed by atoms with E-state index in [0.717, 1.165) is 0 Å². The van der Waals surface area contributed by atoms with Gasteiger partial charge in [0.15, 0.2) is 6.10 Å². The van der Waals surface area contributed by atoms with Crippen molar-refractivity contribution in [1.82, 2.24) is 9.21 Å². The van der Waals surface area contributed by atoms with Gasteiger partial charge in [0.1, 0.15) is 5.75 Å². The molecule has 0 aliphatic carbocycles. The maximum atomic E-state index is 12.7. The fourth-order valence-corrected chi connectivity index (χ4v) is 4.48. The normalized spacial score (nSPS) is 16.7. The number of sulfonamides is 1. The van der Waals surface area contributed by atoms with Crippen LogP contribution in [0.2, 0.25) is 5.02 Å². The molecule has 0 bridgehead atoms. The lowest BCUT2D eigenvalue weighted by Gasteiger charge is -2.35. The van der Waals surface area contributed by atoms with E-state index in [-0.39, 0.29) is 23.9 Å². The van der Waals surface area contributed by atoms with Crippen molar-refractivity contribution in [2.75, 3.05) is 26.2 Å². The van der Waals surface area contributed by atoms with E-state index in [1.165, 1.54) is 4.31 Å². The molecule has 1 amide bonds. The molecule has 1 fully saturated rings. The lowest BCUT2D eigenvalue weighted by atomic mass is 10.2. The van der Waals surface area contributed by atoms with Crippen LogP contribution >= 0.6 is 11.6 Å². The maximum absolute atomic E-state index is 12.7. The van der Waals surface area contributed by atoms with Gasteiger partial charge in [0.25, 0.3) is 5.91 Å². The topological polar surface area (TPSA) is 66.9 Å². The number of rotatable bonds is 5. The molecule has 1 atom stereocenters. The molecule has 8 heteroatoms. The van der Waals surface area contributed by atoms with E-state index in [2.05, 4.69) is 0 Å². The molecule has 0 radical (unpaired) electrons. The molecule has 1 aliphatic heterocycles. The van der Waals surface area contributed by atoms with Crippen LogP contribution in [-0.2, 0) is 14.8 Å². The molecule has 2 aromatic carbocycles. The van der Waals surface area contributed by atoms with Gasteiger partial charge in [-0.1, -0.05) is 29.8 Å². The molecule has 27 heavy (non-hydrogen) atoms. The molecule has 0 aromatic heterocycles. The Balaban J connectivity index is 1.58. The van der Waals surface area contributed by atoms with Crippen molar-refractivity contribution in [3.05, 3.63) is 59.6 Å². The van der Waals surface area contributed by atoms with Crippen LogP contribution in [0.25, 0.3) is 0 Å². The Kier molecular flexibility index (Phi) is 6.04. The second kappa shape index (κ2) is 8.29. The van der Waals surface area contributed by atoms with E-state index in [1.54, 1.807) is 66.4 Å². The summed E-state index contributed by atoms with van der Waals surface area (Å²) < 4.78 is 32.4. The van der Waals surface area contributed by atoms with Crippen LogP contribution in [0.4, 0.5) is 0 Å². The quantitative estimate of drug-likeness (QED) is 0.762. The average Bonchev–Trinajstić information content (AvgIpc) is 2.70. The largest absolute Gasteiger partial charge is 0.481 e. The molecular weight excluding hydrogens is 388 g/mol. The highest BCUT2D eigenvalue weighted by molar-refractivity contribution is 7.89. The van der Waals surface area contributed by atoms with Crippen LogP contribution in [-0.4, -0.2) is 55.8 Å². The second-order valence-electron chi connectivity index (χ2n) is 6.26. The molecule has 2 aromatic rings. The standard InChI is InChI=1S/C19H21ClN2O4S/c1-15(26-17-9-7-16(20)8-10-17)19(23)21-11-13-22(14-12-21)27(24,25)18-5-3-2-4-6-18/h2-10,15H,11-14H2,1H3/t15-/m1/s1. The predicted molar refractivity (Wildman–Crippen MR) is 103 cm³/mol. The van der Waals surface area contributed by atoms with Crippen LogP contribution in [0.15, 0.2) is 59.5 Å². The highest BCUT2D eigenvalue weighted by Crippen LogP contribution is 2.19. The summed E-state index contributed by atoms with van der Waals surface area (Å²) in [5.41, 5.74) is 0. The minimum Gasteiger partial charge on any atom is -0.481 e. The van der Waals surface area contributed by atoms with Gasteiger partial charge in [-0.2, -0.15) is 4.31 Å². The fourth-order valence-electron chi connectivity index (χ4n) is 2.92. The number of amides is 1. The summed E-state index contributed by atoms with van der Waals surface area (Å²) in [4.78, 5) is 14.5. The van der Waals surface area contributed by atoms with Crippen LogP contribution in [0, 0.1) is 0 Å². The van der Waals surface area contributed by atoms with Crippen molar-refractivity contribution in [2.24, 2.45) is 0 Å². The lowest BCUT2D eigenvalue weighted by molar-refractivity contribution is -0.139. The van der Waals surface area contributed by atoms with Gasteiger partial charge in [-0.3, -0.25) is 4.79 Å². The third-order valence-corrected chi connectivity index (χ3v) is 6.57. The summed E-state index contributed by atoms with van der Waals surface area (Å²) in [5.74, 6) is 0.396. The zero-order chi connectivity index (χ0) is 19.4. The van der Waals surface area contributed by atoms with Crippen molar-refractivity contribution in [3.63, 3.8) is 0 Å². The molecule has 0 N–H and O–H groups in total. The molecule has 6 nitrogen and oxygen atoms in total. The molecule has 0 saturated carbocycles. The summed E-state index contributed by atoms with van der Waals surface area (Å²) in [6.07, 6.45) is -0.663. The molecule has 0 spiro atoms. The lowest BCUT2D eigenvalue weighted by Crippen LogP contribution is -2.53. The fraction of sp³-hybridized carbons (Fsp3) is 0.316. The molecule has 1 heterocycles. The highest BCUT2D eigenvalue weighted by Gasteiger charge is 2.31. The van der Waals surface area contributed by atoms with E-state index < -0.39 is 16.1 Å². The van der Waals surface area contributed by atoms with Crippen molar-refractivity contribution in [1.29, 1.82) is 0 Å². The molecule has 1 aliphatic rings. The zero-order valence-corrected chi connectivity index (χ0v) is 16.5. The van der Waals surface area contributed by atoms with Gasteiger partial charge in [0.05, 0.1) is 4.90 Å². The SMILES string of the molecule is C[C@@H](Oc1ccc(Cl)cc1)C(=O)N1CCN(S(=O)(=O)c2ccccc2)CC1. The van der Waals surface area contributed by atoms with Crippen LogP contribution in [0.1, 0.15) is 6.92 Å². The molecule has 144 valence electrons. The number of carbonyl (C=O) groups is 1. The number of piperazine rings is 1. The summed E-state index contributed by atoms with van der Waals surface area (Å²) >= 11 is 5.84. The summed E-state index contributed by atoms with van der Waals surface area (Å²) in [7, 11) is -3.53. The zero-order valence-electron chi connectivity index (χ0n) is 14.9. The van der Waals surface area contributed by atoms with Crippen molar-refractivity contribution in [3.8, 4) is 5.75 Å². The van der Waals surface area contributed by atoms with Crippen molar-refractivity contribution >= 4 is 27.5 Å². The first-order valence-corrected chi connectivity index (χ1v) is 10.5. The molecule has 3 rings (SSSR count). The maximum Gasteiger partial charge on any atom is 0.263 e. The van der Waals surface area contributed by atoms with Crippen LogP contribution in [0.3, 0.4) is 0 Å². The van der Waals surface area contributed by atoms with Crippen molar-refractivity contribution in [2.45, 2.75) is 17.9 Å². The first kappa shape index (κ1) is 19.7. The molecular formula is C19H21ClN2O4S. The van der Waals surface area contributed by atoms with Gasteiger partial charge in [0.2, 0.25) is 10.0 Å². The third kappa shape index (κ3) is 4.61. The Morgan fingerprint density at radius 1 is 1.00 bits per heavy atom. The Bertz CT molecular complexity index is 880. The first-order chi connectivity index (χ1) is 12.9.